The van der Waals surface area contributed by atoms with Crippen LogP contribution >= 0.6 is 0 Å². The minimum atomic E-state index is -0.132. The average molecular weight is 218 g/mol. The fourth-order valence-corrected chi connectivity index (χ4v) is 1.40. The summed E-state index contributed by atoms with van der Waals surface area (Å²) in [5.41, 5.74) is 1.28. The van der Waals surface area contributed by atoms with Crippen LogP contribution < -0.4 is 0 Å². The van der Waals surface area contributed by atoms with Crippen molar-refractivity contribution in [1.29, 1.82) is 0 Å². The number of carbonyl (C=O) groups is 1. The van der Waals surface area contributed by atoms with Gasteiger partial charge in [0.15, 0.2) is 0 Å². The zero-order chi connectivity index (χ0) is 11.6. The molecule has 1 rings (SSSR count). The molecule has 0 N–H and O–H groups in total. The number of ether oxygens (including phenoxy) is 1. The quantitative estimate of drug-likeness (QED) is 0.399. The van der Waals surface area contributed by atoms with Crippen LogP contribution in [0.2, 0.25) is 0 Å². The van der Waals surface area contributed by atoms with E-state index < -0.39 is 0 Å². The van der Waals surface area contributed by atoms with Gasteiger partial charge in [-0.25, -0.2) is 0 Å². The molecule has 0 heterocycles. The highest BCUT2D eigenvalue weighted by Crippen LogP contribution is 2.03. The fourth-order valence-electron chi connectivity index (χ4n) is 1.40. The van der Waals surface area contributed by atoms with E-state index in [2.05, 4.69) is 18.7 Å². The lowest BCUT2D eigenvalue weighted by Gasteiger charge is -2.03. The van der Waals surface area contributed by atoms with Crippen molar-refractivity contribution in [3.8, 4) is 0 Å². The van der Waals surface area contributed by atoms with E-state index in [9.17, 15) is 4.79 Å². The van der Waals surface area contributed by atoms with Crippen molar-refractivity contribution in [3.05, 3.63) is 48.6 Å². The van der Waals surface area contributed by atoms with Gasteiger partial charge in [-0.15, -0.1) is 6.58 Å². The van der Waals surface area contributed by atoms with Gasteiger partial charge in [0.2, 0.25) is 0 Å². The molecule has 0 saturated carbocycles. The van der Waals surface area contributed by atoms with E-state index in [1.165, 1.54) is 5.56 Å². The van der Waals surface area contributed by atoms with Gasteiger partial charge >= 0.3 is 5.97 Å². The van der Waals surface area contributed by atoms with Crippen molar-refractivity contribution >= 4 is 5.97 Å². The predicted octanol–water partition coefficient (Wildman–Crippen LogP) is 3.13. The monoisotopic (exact) mass is 218 g/mol. The Morgan fingerprint density at radius 1 is 1.31 bits per heavy atom. The Morgan fingerprint density at radius 2 is 2.06 bits per heavy atom. The van der Waals surface area contributed by atoms with Gasteiger partial charge in [-0.05, 0) is 24.8 Å². The standard InChI is InChI=1S/C14H18O2/c1-2-3-11-14(15)16-12-7-10-13-8-5-4-6-9-13/h2,4-6,8-9H,1,3,7,10-12H2. The van der Waals surface area contributed by atoms with E-state index in [0.29, 0.717) is 19.4 Å². The first-order chi connectivity index (χ1) is 7.83. The number of esters is 1. The molecule has 0 radical (unpaired) electrons. The van der Waals surface area contributed by atoms with Crippen LogP contribution in [0.3, 0.4) is 0 Å². The summed E-state index contributed by atoms with van der Waals surface area (Å²) >= 11 is 0. The van der Waals surface area contributed by atoms with Gasteiger partial charge in [0, 0.05) is 6.42 Å². The van der Waals surface area contributed by atoms with Crippen LogP contribution in [0, 0.1) is 0 Å². The molecule has 16 heavy (non-hydrogen) atoms. The minimum absolute atomic E-state index is 0.132. The van der Waals surface area contributed by atoms with Gasteiger partial charge in [0.1, 0.15) is 0 Å². The molecule has 0 bridgehead atoms. The van der Waals surface area contributed by atoms with E-state index in [1.54, 1.807) is 6.08 Å². The molecule has 0 aliphatic carbocycles. The first-order valence-electron chi connectivity index (χ1n) is 5.63. The predicted molar refractivity (Wildman–Crippen MR) is 65.2 cm³/mol. The third kappa shape index (κ3) is 5.35. The highest BCUT2D eigenvalue weighted by atomic mass is 16.5. The molecule has 0 aromatic heterocycles. The molecule has 0 spiro atoms. The van der Waals surface area contributed by atoms with Gasteiger partial charge in [-0.2, -0.15) is 0 Å². The molecular weight excluding hydrogens is 200 g/mol. The first kappa shape index (κ1) is 12.5. The lowest BCUT2D eigenvalue weighted by molar-refractivity contribution is -0.143. The largest absolute Gasteiger partial charge is 0.466 e. The number of hydrogen-bond donors (Lipinski definition) is 0. The van der Waals surface area contributed by atoms with Crippen molar-refractivity contribution in [3.63, 3.8) is 0 Å². The zero-order valence-corrected chi connectivity index (χ0v) is 9.52. The molecule has 0 fully saturated rings. The molecule has 0 amide bonds. The zero-order valence-electron chi connectivity index (χ0n) is 9.52. The van der Waals surface area contributed by atoms with Crippen LogP contribution in [0.25, 0.3) is 0 Å². The number of allylic oxidation sites excluding steroid dienone is 1. The SMILES string of the molecule is C=CCCC(=O)OCCCc1ccccc1. The summed E-state index contributed by atoms with van der Waals surface area (Å²) < 4.78 is 5.08. The Morgan fingerprint density at radius 3 is 2.75 bits per heavy atom. The second-order valence-corrected chi connectivity index (χ2v) is 3.64. The highest BCUT2D eigenvalue weighted by Gasteiger charge is 2.00. The molecule has 0 atom stereocenters. The van der Waals surface area contributed by atoms with Crippen LogP contribution in [0.4, 0.5) is 0 Å². The van der Waals surface area contributed by atoms with Crippen LogP contribution in [0.5, 0.6) is 0 Å². The number of aryl methyl sites for hydroxylation is 1. The maximum atomic E-state index is 11.1. The topological polar surface area (TPSA) is 26.3 Å². The van der Waals surface area contributed by atoms with E-state index in [0.717, 1.165) is 12.8 Å². The molecule has 1 aromatic rings. The third-order valence-corrected chi connectivity index (χ3v) is 2.27. The molecule has 86 valence electrons. The van der Waals surface area contributed by atoms with Crippen LogP contribution in [0.1, 0.15) is 24.8 Å². The molecule has 0 unspecified atom stereocenters. The van der Waals surface area contributed by atoms with E-state index in [4.69, 9.17) is 4.74 Å². The number of rotatable bonds is 7. The van der Waals surface area contributed by atoms with Gasteiger partial charge in [-0.3, -0.25) is 4.79 Å². The normalized spacial score (nSPS) is 9.75. The van der Waals surface area contributed by atoms with Crippen molar-refractivity contribution < 1.29 is 9.53 Å². The van der Waals surface area contributed by atoms with Crippen LogP contribution in [-0.4, -0.2) is 12.6 Å². The van der Waals surface area contributed by atoms with Crippen LogP contribution in [0.15, 0.2) is 43.0 Å². The van der Waals surface area contributed by atoms with Crippen LogP contribution in [-0.2, 0) is 16.0 Å². The Kier molecular flexibility index (Phi) is 6.00. The lowest BCUT2D eigenvalue weighted by Crippen LogP contribution is -2.05. The molecule has 1 aromatic carbocycles. The lowest BCUT2D eigenvalue weighted by atomic mass is 10.1. The third-order valence-electron chi connectivity index (χ3n) is 2.27. The van der Waals surface area contributed by atoms with Gasteiger partial charge in [-0.1, -0.05) is 36.4 Å². The Hall–Kier alpha value is -1.57. The second kappa shape index (κ2) is 7.69. The average Bonchev–Trinajstić information content (AvgIpc) is 2.33. The highest BCUT2D eigenvalue weighted by molar-refractivity contribution is 5.69. The molecule has 0 aliphatic heterocycles. The fraction of sp³-hybridized carbons (Fsp3) is 0.357. The molecule has 0 saturated heterocycles. The molecule has 2 heteroatoms. The summed E-state index contributed by atoms with van der Waals surface area (Å²) in [7, 11) is 0. The number of carbonyl (C=O) groups excluding carboxylic acids is 1. The second-order valence-electron chi connectivity index (χ2n) is 3.64. The minimum Gasteiger partial charge on any atom is -0.466 e. The van der Waals surface area contributed by atoms with Crippen molar-refractivity contribution in [2.24, 2.45) is 0 Å². The Bertz CT molecular complexity index is 317. The summed E-state index contributed by atoms with van der Waals surface area (Å²) in [5.74, 6) is -0.132. The summed E-state index contributed by atoms with van der Waals surface area (Å²) in [4.78, 5) is 11.1. The Balaban J connectivity index is 2.08. The van der Waals surface area contributed by atoms with E-state index in [1.807, 2.05) is 18.2 Å². The van der Waals surface area contributed by atoms with E-state index in [-0.39, 0.29) is 5.97 Å². The summed E-state index contributed by atoms with van der Waals surface area (Å²) in [6.45, 7) is 4.07. The smallest absolute Gasteiger partial charge is 0.306 e. The van der Waals surface area contributed by atoms with Crippen molar-refractivity contribution in [2.75, 3.05) is 6.61 Å². The Labute approximate surface area is 96.9 Å². The number of benzene rings is 1. The molecular formula is C14H18O2. The van der Waals surface area contributed by atoms with Crippen molar-refractivity contribution in [2.45, 2.75) is 25.7 Å². The number of hydrogen-bond acceptors (Lipinski definition) is 2. The maximum absolute atomic E-state index is 11.1. The van der Waals surface area contributed by atoms with Gasteiger partial charge < -0.3 is 4.74 Å². The summed E-state index contributed by atoms with van der Waals surface area (Å²) in [6.07, 6.45) is 4.69. The molecule has 2 nitrogen and oxygen atoms in total. The first-order valence-corrected chi connectivity index (χ1v) is 5.63. The molecule has 0 aliphatic rings. The van der Waals surface area contributed by atoms with Gasteiger partial charge in [0.05, 0.1) is 6.61 Å². The summed E-state index contributed by atoms with van der Waals surface area (Å²) in [5, 5.41) is 0. The van der Waals surface area contributed by atoms with E-state index >= 15 is 0 Å². The summed E-state index contributed by atoms with van der Waals surface area (Å²) in [6, 6.07) is 10.2. The maximum Gasteiger partial charge on any atom is 0.306 e. The van der Waals surface area contributed by atoms with Crippen molar-refractivity contribution in [1.82, 2.24) is 0 Å². The van der Waals surface area contributed by atoms with Gasteiger partial charge in [0.25, 0.3) is 0 Å².